The molecule has 114 valence electrons. The Morgan fingerprint density at radius 2 is 1.90 bits per heavy atom. The summed E-state index contributed by atoms with van der Waals surface area (Å²) in [6.07, 6.45) is 4.36. The van der Waals surface area contributed by atoms with Crippen LogP contribution < -0.4 is 4.90 Å². The quantitative estimate of drug-likeness (QED) is 0.794. The Bertz CT molecular complexity index is 464. The zero-order valence-corrected chi connectivity index (χ0v) is 12.5. The van der Waals surface area contributed by atoms with Crippen LogP contribution in [0.25, 0.3) is 0 Å². The van der Waals surface area contributed by atoms with E-state index in [-0.39, 0.29) is 0 Å². The number of rotatable bonds is 4. The molecular formula is C17H24N2O2. The van der Waals surface area contributed by atoms with Crippen molar-refractivity contribution >= 4 is 12.1 Å². The zero-order valence-electron chi connectivity index (χ0n) is 12.5. The van der Waals surface area contributed by atoms with E-state index in [0.29, 0.717) is 5.92 Å². The van der Waals surface area contributed by atoms with Gasteiger partial charge in [0.2, 0.25) is 6.41 Å². The second-order valence-corrected chi connectivity index (χ2v) is 6.06. The van der Waals surface area contributed by atoms with E-state index in [4.69, 9.17) is 4.74 Å². The highest BCUT2D eigenvalue weighted by Crippen LogP contribution is 2.24. The zero-order chi connectivity index (χ0) is 14.5. The molecule has 2 aliphatic heterocycles. The fourth-order valence-corrected chi connectivity index (χ4v) is 3.30. The number of amides is 1. The molecule has 0 unspecified atom stereocenters. The largest absolute Gasteiger partial charge is 0.378 e. The molecule has 3 rings (SSSR count). The number of hydrogen-bond donors (Lipinski definition) is 0. The van der Waals surface area contributed by atoms with E-state index in [1.807, 2.05) is 4.90 Å². The second-order valence-electron chi connectivity index (χ2n) is 6.06. The van der Waals surface area contributed by atoms with Gasteiger partial charge in [0.15, 0.2) is 0 Å². The molecule has 0 saturated carbocycles. The molecule has 4 heteroatoms. The van der Waals surface area contributed by atoms with Crippen LogP contribution in [-0.2, 0) is 16.0 Å². The van der Waals surface area contributed by atoms with E-state index in [1.54, 1.807) is 0 Å². The number of carbonyl (C=O) groups excluding carboxylic acids is 1. The van der Waals surface area contributed by atoms with Gasteiger partial charge in [-0.2, -0.15) is 0 Å². The van der Waals surface area contributed by atoms with Crippen LogP contribution in [0.5, 0.6) is 0 Å². The van der Waals surface area contributed by atoms with E-state index >= 15 is 0 Å². The van der Waals surface area contributed by atoms with Gasteiger partial charge >= 0.3 is 0 Å². The number of piperidine rings is 1. The van der Waals surface area contributed by atoms with Gasteiger partial charge < -0.3 is 14.5 Å². The van der Waals surface area contributed by atoms with Crippen LogP contribution in [-0.4, -0.2) is 50.7 Å². The molecule has 0 radical (unpaired) electrons. The predicted molar refractivity (Wildman–Crippen MR) is 83.5 cm³/mol. The minimum absolute atomic E-state index is 0.709. The maximum Gasteiger partial charge on any atom is 0.209 e. The van der Waals surface area contributed by atoms with Gasteiger partial charge in [-0.25, -0.2) is 0 Å². The molecule has 1 aromatic carbocycles. The van der Waals surface area contributed by atoms with Crippen LogP contribution in [0.4, 0.5) is 5.69 Å². The van der Waals surface area contributed by atoms with Gasteiger partial charge in [-0.05, 0) is 42.9 Å². The van der Waals surface area contributed by atoms with Crippen molar-refractivity contribution in [3.05, 3.63) is 29.8 Å². The molecule has 21 heavy (non-hydrogen) atoms. The normalized spacial score (nSPS) is 20.6. The summed E-state index contributed by atoms with van der Waals surface area (Å²) in [5.41, 5.74) is 2.74. The molecule has 2 saturated heterocycles. The van der Waals surface area contributed by atoms with Crippen molar-refractivity contribution in [2.24, 2.45) is 5.92 Å². The third-order valence-corrected chi connectivity index (χ3v) is 4.61. The van der Waals surface area contributed by atoms with E-state index < -0.39 is 0 Å². The van der Waals surface area contributed by atoms with Crippen LogP contribution in [0, 0.1) is 5.92 Å². The summed E-state index contributed by atoms with van der Waals surface area (Å²) in [6, 6.07) is 8.93. The Labute approximate surface area is 126 Å². The highest BCUT2D eigenvalue weighted by Gasteiger charge is 2.19. The van der Waals surface area contributed by atoms with Crippen LogP contribution in [0.15, 0.2) is 24.3 Å². The minimum Gasteiger partial charge on any atom is -0.378 e. The molecule has 0 aromatic heterocycles. The lowest BCUT2D eigenvalue weighted by Gasteiger charge is -2.30. The van der Waals surface area contributed by atoms with Gasteiger partial charge in [-0.3, -0.25) is 4.79 Å². The number of ether oxygens (including phenoxy) is 1. The Morgan fingerprint density at radius 1 is 1.14 bits per heavy atom. The first-order valence-corrected chi connectivity index (χ1v) is 7.96. The van der Waals surface area contributed by atoms with Crippen molar-refractivity contribution in [3.63, 3.8) is 0 Å². The number of benzene rings is 1. The molecule has 1 amide bonds. The number of morpholine rings is 1. The molecular weight excluding hydrogens is 264 g/mol. The summed E-state index contributed by atoms with van der Waals surface area (Å²) >= 11 is 0. The lowest BCUT2D eigenvalue weighted by molar-refractivity contribution is -0.119. The Balaban J connectivity index is 1.59. The maximum atomic E-state index is 10.8. The number of likely N-dealkylation sites (tertiary alicyclic amines) is 1. The molecule has 2 fully saturated rings. The molecule has 2 heterocycles. The third kappa shape index (κ3) is 3.76. The summed E-state index contributed by atoms with van der Waals surface area (Å²) in [7, 11) is 0. The topological polar surface area (TPSA) is 32.8 Å². The maximum absolute atomic E-state index is 10.8. The Morgan fingerprint density at radius 3 is 2.62 bits per heavy atom. The number of carbonyl (C=O) groups is 1. The lowest BCUT2D eigenvalue weighted by Crippen LogP contribution is -2.36. The molecule has 0 spiro atoms. The highest BCUT2D eigenvalue weighted by atomic mass is 16.5. The van der Waals surface area contributed by atoms with E-state index in [1.165, 1.54) is 11.3 Å². The van der Waals surface area contributed by atoms with Crippen LogP contribution in [0.3, 0.4) is 0 Å². The second kappa shape index (κ2) is 6.94. The third-order valence-electron chi connectivity index (χ3n) is 4.61. The first-order valence-electron chi connectivity index (χ1n) is 7.96. The summed E-state index contributed by atoms with van der Waals surface area (Å²) in [5.74, 6) is 0.709. The molecule has 0 bridgehead atoms. The first-order chi connectivity index (χ1) is 10.3. The summed E-state index contributed by atoms with van der Waals surface area (Å²) in [5, 5.41) is 0. The van der Waals surface area contributed by atoms with Gasteiger partial charge in [-0.15, -0.1) is 0 Å². The summed E-state index contributed by atoms with van der Waals surface area (Å²) < 4.78 is 5.42. The van der Waals surface area contributed by atoms with Crippen molar-refractivity contribution in [3.8, 4) is 0 Å². The van der Waals surface area contributed by atoms with Crippen LogP contribution in [0.2, 0.25) is 0 Å². The van der Waals surface area contributed by atoms with Crippen molar-refractivity contribution in [1.82, 2.24) is 4.90 Å². The number of nitrogens with zero attached hydrogens (tertiary/aromatic N) is 2. The molecule has 2 aliphatic rings. The van der Waals surface area contributed by atoms with Gasteiger partial charge in [0.25, 0.3) is 0 Å². The van der Waals surface area contributed by atoms with Crippen molar-refractivity contribution < 1.29 is 9.53 Å². The molecule has 4 nitrogen and oxygen atoms in total. The average Bonchev–Trinajstić information content (AvgIpc) is 2.57. The standard InChI is InChI=1S/C17H24N2O2/c20-14-18-6-4-15(5-7-18)12-16-2-1-3-17(13-16)19-8-10-21-11-9-19/h1-3,13-15H,4-12H2. The van der Waals surface area contributed by atoms with Crippen molar-refractivity contribution in [2.75, 3.05) is 44.3 Å². The van der Waals surface area contributed by atoms with E-state index in [9.17, 15) is 4.79 Å². The highest BCUT2D eigenvalue weighted by molar-refractivity contribution is 5.49. The average molecular weight is 288 g/mol. The number of anilines is 1. The van der Waals surface area contributed by atoms with Crippen LogP contribution >= 0.6 is 0 Å². The van der Waals surface area contributed by atoms with Crippen molar-refractivity contribution in [1.29, 1.82) is 0 Å². The monoisotopic (exact) mass is 288 g/mol. The smallest absolute Gasteiger partial charge is 0.209 e. The van der Waals surface area contributed by atoms with Gasteiger partial charge in [0.1, 0.15) is 0 Å². The Hall–Kier alpha value is -1.55. The lowest BCUT2D eigenvalue weighted by atomic mass is 9.90. The first kappa shape index (κ1) is 14.4. The van der Waals surface area contributed by atoms with Crippen molar-refractivity contribution in [2.45, 2.75) is 19.3 Å². The predicted octanol–water partition coefficient (Wildman–Crippen LogP) is 1.93. The van der Waals surface area contributed by atoms with E-state index in [0.717, 1.165) is 65.1 Å². The Kier molecular flexibility index (Phi) is 4.76. The van der Waals surface area contributed by atoms with Gasteiger partial charge in [0, 0.05) is 31.9 Å². The SMILES string of the molecule is O=CN1CCC(Cc2cccc(N3CCOCC3)c2)CC1. The summed E-state index contributed by atoms with van der Waals surface area (Å²) in [6.45, 7) is 5.46. The van der Waals surface area contributed by atoms with Gasteiger partial charge in [0.05, 0.1) is 13.2 Å². The molecule has 0 atom stereocenters. The number of hydrogen-bond acceptors (Lipinski definition) is 3. The molecule has 0 aliphatic carbocycles. The van der Waals surface area contributed by atoms with E-state index in [2.05, 4.69) is 29.2 Å². The molecule has 0 N–H and O–H groups in total. The van der Waals surface area contributed by atoms with Crippen LogP contribution in [0.1, 0.15) is 18.4 Å². The van der Waals surface area contributed by atoms with Gasteiger partial charge in [-0.1, -0.05) is 12.1 Å². The summed E-state index contributed by atoms with van der Waals surface area (Å²) in [4.78, 5) is 15.0. The molecule has 1 aromatic rings. The fraction of sp³-hybridized carbons (Fsp3) is 0.588. The fourth-order valence-electron chi connectivity index (χ4n) is 3.30. The minimum atomic E-state index is 0.709.